The van der Waals surface area contributed by atoms with E-state index in [0.717, 1.165) is 41.7 Å². The number of thiocarbonyl (C=S) groups is 1. The zero-order chi connectivity index (χ0) is 21.1. The second-order valence-electron chi connectivity index (χ2n) is 7.76. The van der Waals surface area contributed by atoms with Crippen molar-refractivity contribution in [2.75, 3.05) is 27.2 Å². The summed E-state index contributed by atoms with van der Waals surface area (Å²) in [5, 5.41) is 4.23. The minimum absolute atomic E-state index is 0.0189. The van der Waals surface area contributed by atoms with Crippen molar-refractivity contribution >= 4 is 17.3 Å². The van der Waals surface area contributed by atoms with Gasteiger partial charge in [0, 0.05) is 30.3 Å². The lowest BCUT2D eigenvalue weighted by Crippen LogP contribution is -2.32. The molecule has 5 nitrogen and oxygen atoms in total. The molecule has 3 aromatic rings. The molecule has 2 atom stereocenters. The van der Waals surface area contributed by atoms with Crippen LogP contribution < -0.4 is 5.32 Å². The summed E-state index contributed by atoms with van der Waals surface area (Å²) in [6.45, 7) is 1.83. The van der Waals surface area contributed by atoms with Gasteiger partial charge >= 0.3 is 0 Å². The van der Waals surface area contributed by atoms with E-state index in [1.54, 1.807) is 12.1 Å². The van der Waals surface area contributed by atoms with Gasteiger partial charge in [0.1, 0.15) is 5.82 Å². The van der Waals surface area contributed by atoms with Crippen LogP contribution in [0.2, 0.25) is 0 Å². The van der Waals surface area contributed by atoms with Crippen molar-refractivity contribution < 1.29 is 4.39 Å². The van der Waals surface area contributed by atoms with E-state index in [0.29, 0.717) is 0 Å². The highest BCUT2D eigenvalue weighted by molar-refractivity contribution is 7.80. The Morgan fingerprint density at radius 3 is 2.60 bits per heavy atom. The summed E-state index contributed by atoms with van der Waals surface area (Å²) in [7, 11) is 4.16. The molecule has 1 aromatic carbocycles. The van der Waals surface area contributed by atoms with Gasteiger partial charge in [-0.3, -0.25) is 4.98 Å². The van der Waals surface area contributed by atoms with Crippen LogP contribution in [0.25, 0.3) is 5.69 Å². The van der Waals surface area contributed by atoms with Gasteiger partial charge in [-0.05, 0) is 87.8 Å². The standard InChI is InChI=1S/C23H26FN5S/c1-27(2)14-6-16-29-22(21(26-23(29)30)19-7-3-4-13-25-19)20-8-5-15-28(20)18-11-9-17(24)10-12-18/h3-5,7-13,15,21-22H,6,14,16H2,1-2H3,(H,26,30)/t21-,22-/m1/s1. The molecule has 1 aliphatic heterocycles. The van der Waals surface area contributed by atoms with Gasteiger partial charge in [-0.2, -0.15) is 0 Å². The summed E-state index contributed by atoms with van der Waals surface area (Å²) in [4.78, 5) is 9.03. The molecule has 0 unspecified atom stereocenters. The van der Waals surface area contributed by atoms with Gasteiger partial charge in [-0.15, -0.1) is 0 Å². The number of rotatable bonds is 7. The summed E-state index contributed by atoms with van der Waals surface area (Å²) in [5.41, 5.74) is 2.96. The molecular weight excluding hydrogens is 397 g/mol. The third-order valence-corrected chi connectivity index (χ3v) is 5.74. The van der Waals surface area contributed by atoms with E-state index in [4.69, 9.17) is 12.2 Å². The van der Waals surface area contributed by atoms with Crippen LogP contribution in [0, 0.1) is 5.82 Å². The number of hydrogen-bond acceptors (Lipinski definition) is 3. The molecule has 0 aliphatic carbocycles. The number of benzene rings is 1. The summed E-state index contributed by atoms with van der Waals surface area (Å²) in [6, 6.07) is 16.6. The van der Waals surface area contributed by atoms with Gasteiger partial charge in [-0.25, -0.2) is 4.39 Å². The fourth-order valence-corrected chi connectivity index (χ4v) is 4.33. The van der Waals surface area contributed by atoms with E-state index in [1.165, 1.54) is 12.1 Å². The molecule has 3 heterocycles. The smallest absolute Gasteiger partial charge is 0.170 e. The van der Waals surface area contributed by atoms with Gasteiger partial charge in [-0.1, -0.05) is 6.07 Å². The molecule has 0 radical (unpaired) electrons. The molecule has 1 aliphatic rings. The third kappa shape index (κ3) is 4.22. The Morgan fingerprint density at radius 2 is 1.90 bits per heavy atom. The van der Waals surface area contributed by atoms with E-state index >= 15 is 0 Å². The van der Waals surface area contributed by atoms with Gasteiger partial charge in [0.2, 0.25) is 0 Å². The molecule has 156 valence electrons. The molecule has 0 saturated carbocycles. The van der Waals surface area contributed by atoms with Crippen molar-refractivity contribution in [2.45, 2.75) is 18.5 Å². The second-order valence-corrected chi connectivity index (χ2v) is 8.14. The van der Waals surface area contributed by atoms with Crippen molar-refractivity contribution in [3.8, 4) is 5.69 Å². The fraction of sp³-hybridized carbons (Fsp3) is 0.304. The molecular formula is C23H26FN5S. The predicted molar refractivity (Wildman–Crippen MR) is 121 cm³/mol. The van der Waals surface area contributed by atoms with E-state index < -0.39 is 0 Å². The lowest BCUT2D eigenvalue weighted by atomic mass is 10.0. The van der Waals surface area contributed by atoms with Crippen molar-refractivity contribution in [3.63, 3.8) is 0 Å². The minimum atomic E-state index is -0.243. The summed E-state index contributed by atoms with van der Waals surface area (Å²) in [6.07, 6.45) is 4.82. The maximum Gasteiger partial charge on any atom is 0.170 e. The average molecular weight is 424 g/mol. The summed E-state index contributed by atoms with van der Waals surface area (Å²) >= 11 is 5.74. The van der Waals surface area contributed by atoms with Crippen LogP contribution in [0.3, 0.4) is 0 Å². The largest absolute Gasteiger partial charge is 0.352 e. The van der Waals surface area contributed by atoms with E-state index in [2.05, 4.69) is 44.8 Å². The number of aromatic nitrogens is 2. The zero-order valence-corrected chi connectivity index (χ0v) is 18.0. The van der Waals surface area contributed by atoms with E-state index in [9.17, 15) is 4.39 Å². The molecule has 30 heavy (non-hydrogen) atoms. The highest BCUT2D eigenvalue weighted by Crippen LogP contribution is 2.39. The third-order valence-electron chi connectivity index (χ3n) is 5.39. The number of nitrogens with one attached hydrogen (secondary N) is 1. The Balaban J connectivity index is 1.73. The Hall–Kier alpha value is -2.77. The first-order chi connectivity index (χ1) is 14.5. The average Bonchev–Trinajstić information content (AvgIpc) is 3.34. The van der Waals surface area contributed by atoms with Crippen LogP contribution in [0.1, 0.15) is 29.9 Å². The van der Waals surface area contributed by atoms with Crippen molar-refractivity contribution in [3.05, 3.63) is 84.2 Å². The van der Waals surface area contributed by atoms with Gasteiger partial charge in [0.15, 0.2) is 5.11 Å². The molecule has 2 aromatic heterocycles. The Bertz CT molecular complexity index is 986. The minimum Gasteiger partial charge on any atom is -0.352 e. The van der Waals surface area contributed by atoms with E-state index in [1.807, 2.05) is 36.7 Å². The molecule has 0 spiro atoms. The van der Waals surface area contributed by atoms with Crippen molar-refractivity contribution in [1.82, 2.24) is 24.7 Å². The molecule has 0 amide bonds. The molecule has 1 saturated heterocycles. The highest BCUT2D eigenvalue weighted by atomic mass is 32.1. The summed E-state index contributed by atoms with van der Waals surface area (Å²) in [5.74, 6) is -0.243. The Morgan fingerprint density at radius 1 is 1.10 bits per heavy atom. The molecule has 0 bridgehead atoms. The molecule has 4 rings (SSSR count). The normalized spacial score (nSPS) is 18.8. The van der Waals surface area contributed by atoms with Crippen LogP contribution in [0.5, 0.6) is 0 Å². The maximum absolute atomic E-state index is 13.5. The van der Waals surface area contributed by atoms with Crippen LogP contribution >= 0.6 is 12.2 Å². The predicted octanol–water partition coefficient (Wildman–Crippen LogP) is 3.94. The van der Waals surface area contributed by atoms with Crippen LogP contribution in [-0.2, 0) is 0 Å². The molecule has 1 fully saturated rings. The monoisotopic (exact) mass is 423 g/mol. The molecule has 1 N–H and O–H groups in total. The van der Waals surface area contributed by atoms with Crippen LogP contribution in [0.15, 0.2) is 67.0 Å². The number of pyridine rings is 1. The quantitative estimate of drug-likeness (QED) is 0.583. The van der Waals surface area contributed by atoms with Crippen molar-refractivity contribution in [1.29, 1.82) is 0 Å². The first-order valence-corrected chi connectivity index (χ1v) is 10.5. The van der Waals surface area contributed by atoms with Crippen LogP contribution in [0.4, 0.5) is 4.39 Å². The molecule has 7 heteroatoms. The Kier molecular flexibility index (Phi) is 6.11. The van der Waals surface area contributed by atoms with E-state index in [-0.39, 0.29) is 17.9 Å². The second kappa shape index (κ2) is 8.93. The first-order valence-electron chi connectivity index (χ1n) is 10.1. The maximum atomic E-state index is 13.5. The SMILES string of the molecule is CN(C)CCCN1C(=S)N[C@H](c2ccccn2)[C@H]1c1cccn1-c1ccc(F)cc1. The van der Waals surface area contributed by atoms with Gasteiger partial charge < -0.3 is 19.7 Å². The van der Waals surface area contributed by atoms with Crippen molar-refractivity contribution in [2.24, 2.45) is 0 Å². The lowest BCUT2D eigenvalue weighted by Gasteiger charge is -2.29. The van der Waals surface area contributed by atoms with Crippen LogP contribution in [-0.4, -0.2) is 51.6 Å². The lowest BCUT2D eigenvalue weighted by molar-refractivity contribution is 0.286. The topological polar surface area (TPSA) is 36.3 Å². The Labute approximate surface area is 182 Å². The fourth-order valence-electron chi connectivity index (χ4n) is 4.00. The highest BCUT2D eigenvalue weighted by Gasteiger charge is 2.40. The number of hydrogen-bond donors (Lipinski definition) is 1. The first kappa shape index (κ1) is 20.5. The van der Waals surface area contributed by atoms with Gasteiger partial charge in [0.25, 0.3) is 0 Å². The number of nitrogens with zero attached hydrogens (tertiary/aromatic N) is 4. The van der Waals surface area contributed by atoms with Gasteiger partial charge in [0.05, 0.1) is 17.8 Å². The zero-order valence-electron chi connectivity index (χ0n) is 17.2. The summed E-state index contributed by atoms with van der Waals surface area (Å²) < 4.78 is 15.6. The number of halogens is 1.